The van der Waals surface area contributed by atoms with E-state index in [1.165, 1.54) is 10.7 Å². The van der Waals surface area contributed by atoms with Gasteiger partial charge in [0.25, 0.3) is 11.9 Å². The number of furan rings is 1. The van der Waals surface area contributed by atoms with Crippen molar-refractivity contribution in [2.45, 2.75) is 35.3 Å². The van der Waals surface area contributed by atoms with E-state index in [-0.39, 0.29) is 28.6 Å². The van der Waals surface area contributed by atoms with E-state index < -0.39 is 27.4 Å². The molecule has 1 aromatic carbocycles. The third-order valence-electron chi connectivity index (χ3n) is 6.58. The summed E-state index contributed by atoms with van der Waals surface area (Å²) in [7, 11) is 49.8. The summed E-state index contributed by atoms with van der Waals surface area (Å²) in [6, 6.07) is 9.23. The van der Waals surface area contributed by atoms with Crippen LogP contribution in [-0.4, -0.2) is 116 Å². The zero-order valence-electron chi connectivity index (χ0n) is 21.8. The van der Waals surface area contributed by atoms with Gasteiger partial charge in [-0.25, -0.2) is 9.67 Å². The van der Waals surface area contributed by atoms with Gasteiger partial charge in [0.05, 0.1) is 37.6 Å². The predicted octanol–water partition coefficient (Wildman–Crippen LogP) is -1.07. The van der Waals surface area contributed by atoms with Crippen LogP contribution in [0.25, 0.3) is 28.2 Å². The minimum absolute atomic E-state index is 0.00188. The van der Waals surface area contributed by atoms with Crippen molar-refractivity contribution in [1.29, 1.82) is 0 Å². The molecule has 40 heavy (non-hydrogen) atoms. The fraction of sp³-hybridized carbons (Fsp3) is 0.304. The molecule has 3 aromatic heterocycles. The molecule has 1 aliphatic heterocycles. The summed E-state index contributed by atoms with van der Waals surface area (Å²) in [6.07, 6.45) is 3.33. The van der Waals surface area contributed by atoms with Crippen molar-refractivity contribution < 1.29 is 13.9 Å². The van der Waals surface area contributed by atoms with Gasteiger partial charge in [-0.1, -0.05) is 29.8 Å². The second-order valence-corrected chi connectivity index (χ2v) is 9.75. The monoisotopic (exact) mass is 512 g/mol. The average Bonchev–Trinajstić information content (AvgIpc) is 3.50. The van der Waals surface area contributed by atoms with Crippen molar-refractivity contribution in [2.75, 3.05) is 11.4 Å². The van der Waals surface area contributed by atoms with Crippen molar-refractivity contribution in [2.24, 2.45) is 0 Å². The topological polar surface area (TPSA) is 98.3 Å². The molecule has 0 aliphatic carbocycles. The second-order valence-electron chi connectivity index (χ2n) is 9.75. The van der Waals surface area contributed by atoms with Gasteiger partial charge in [0, 0.05) is 24.4 Å². The van der Waals surface area contributed by atoms with Crippen LogP contribution >= 0.6 is 0 Å². The predicted molar refractivity (Wildman–Crippen MR) is 158 cm³/mol. The molecule has 180 valence electrons. The number of carbonyl (C=O) groups is 1. The van der Waals surface area contributed by atoms with Crippen LogP contribution < -0.4 is 10.2 Å². The molecule has 0 saturated carbocycles. The number of hydrogen-bond donors (Lipinski definition) is 1. The summed E-state index contributed by atoms with van der Waals surface area (Å²) in [5, 5.41) is -2.54. The first-order valence-electron chi connectivity index (χ1n) is 12.1. The molecule has 4 heterocycles. The molecule has 1 fully saturated rings. The van der Waals surface area contributed by atoms with Gasteiger partial charge in [-0.2, -0.15) is 10.1 Å². The summed E-state index contributed by atoms with van der Waals surface area (Å²) in [5.74, 6) is -0.853. The first-order chi connectivity index (χ1) is 18.6. The maximum Gasteiger partial charge on any atom is 0.287 e. The molecule has 0 atom stereocenters. The lowest BCUT2D eigenvalue weighted by Gasteiger charge is -2.70. The Hall–Kier alpha value is -3.20. The third-order valence-corrected chi connectivity index (χ3v) is 6.58. The molecule has 1 N–H and O–H groups in total. The van der Waals surface area contributed by atoms with Crippen molar-refractivity contribution >= 4 is 85.6 Å². The fourth-order valence-electron chi connectivity index (χ4n) is 4.37. The normalized spacial score (nSPS) is 18.9. The SMILES string of the molecule is [B]C1([B])OC([B])([B])C([B])([B])N(c2nc(-n3cc(-c4cccc(C)c4)cn3)nc3cc(C(=O)NCC)oc23)C1([B])[B]. The average molecular weight is 511 g/mol. The fourth-order valence-corrected chi connectivity index (χ4v) is 4.37. The summed E-state index contributed by atoms with van der Waals surface area (Å²) in [4.78, 5) is 22.6. The number of carbonyl (C=O) groups excluding carboxylic acids is 1. The first-order valence-corrected chi connectivity index (χ1v) is 12.1. The van der Waals surface area contributed by atoms with Crippen molar-refractivity contribution in [3.63, 3.8) is 0 Å². The Kier molecular flexibility index (Phi) is 6.68. The minimum Gasteiger partial charge on any atom is -0.445 e. The van der Waals surface area contributed by atoms with Gasteiger partial charge >= 0.3 is 0 Å². The number of benzene rings is 1. The molecule has 0 unspecified atom stereocenters. The maximum atomic E-state index is 12.6. The number of amides is 1. The molecular formula is C23H16B8N6O3. The van der Waals surface area contributed by atoms with E-state index >= 15 is 0 Å². The largest absolute Gasteiger partial charge is 0.445 e. The molecule has 4 aromatic rings. The number of rotatable bonds is 5. The Morgan fingerprint density at radius 2 is 1.65 bits per heavy atom. The Morgan fingerprint density at radius 1 is 0.975 bits per heavy atom. The standard InChI is InChI=1S/C23H16B8N6O3/c1-3-32-18(38)15-8-14-16(39-15)17(37-20(24,25)22(28,29)40-23(30,31)21(37,26)27)35-19(34-14)36-10-13(9-33-36)12-6-4-5-11(2)7-12/h4-10H,3H2,1-2H3,(H,32,38). The number of morpholine rings is 1. The highest BCUT2D eigenvalue weighted by molar-refractivity contribution is 6.61. The highest BCUT2D eigenvalue weighted by atomic mass is 16.5. The van der Waals surface area contributed by atoms with Crippen LogP contribution in [0.5, 0.6) is 0 Å². The second kappa shape index (κ2) is 9.43. The van der Waals surface area contributed by atoms with Gasteiger partial charge in [-0.3, -0.25) is 4.79 Å². The van der Waals surface area contributed by atoms with E-state index in [1.54, 1.807) is 19.3 Å². The van der Waals surface area contributed by atoms with Crippen LogP contribution in [0, 0.1) is 6.92 Å². The smallest absolute Gasteiger partial charge is 0.287 e. The number of aryl methyl sites for hydroxylation is 1. The molecule has 0 bridgehead atoms. The maximum absolute atomic E-state index is 12.6. The van der Waals surface area contributed by atoms with Crippen molar-refractivity contribution in [3.05, 3.63) is 54.0 Å². The Morgan fingerprint density at radius 3 is 2.27 bits per heavy atom. The number of anilines is 1. The molecule has 0 spiro atoms. The quantitative estimate of drug-likeness (QED) is 0.342. The van der Waals surface area contributed by atoms with E-state index in [1.807, 2.05) is 31.2 Å². The molecule has 5 rings (SSSR count). The summed E-state index contributed by atoms with van der Waals surface area (Å²) < 4.78 is 12.5. The summed E-state index contributed by atoms with van der Waals surface area (Å²) >= 11 is 0. The van der Waals surface area contributed by atoms with Crippen molar-refractivity contribution in [3.8, 4) is 17.1 Å². The number of nitrogens with one attached hydrogen (secondary N) is 1. The zero-order chi connectivity index (χ0) is 29.3. The lowest BCUT2D eigenvalue weighted by molar-refractivity contribution is -0.0256. The summed E-state index contributed by atoms with van der Waals surface area (Å²) in [5.41, 5.74) is 2.81. The number of fused-ring (bicyclic) bond motifs is 1. The van der Waals surface area contributed by atoms with Crippen LogP contribution in [-0.2, 0) is 4.74 Å². The molecule has 17 heteroatoms. The van der Waals surface area contributed by atoms with Crippen LogP contribution in [0.2, 0.25) is 0 Å². The van der Waals surface area contributed by atoms with Crippen LogP contribution in [0.4, 0.5) is 5.82 Å². The van der Waals surface area contributed by atoms with Gasteiger partial charge in [0.2, 0.25) is 0 Å². The molecule has 1 amide bonds. The summed E-state index contributed by atoms with van der Waals surface area (Å²) in [6.45, 7) is 4.07. The van der Waals surface area contributed by atoms with E-state index in [0.29, 0.717) is 6.54 Å². The molecule has 9 nitrogen and oxygen atoms in total. The van der Waals surface area contributed by atoms with Crippen molar-refractivity contribution in [1.82, 2.24) is 25.1 Å². The van der Waals surface area contributed by atoms with Crippen LogP contribution in [0.3, 0.4) is 0 Å². The highest BCUT2D eigenvalue weighted by Gasteiger charge is 2.58. The molecule has 16 radical (unpaired) electrons. The van der Waals surface area contributed by atoms with Gasteiger partial charge in [0.1, 0.15) is 36.9 Å². The van der Waals surface area contributed by atoms with Crippen LogP contribution in [0.1, 0.15) is 23.0 Å². The van der Waals surface area contributed by atoms with E-state index in [0.717, 1.165) is 21.6 Å². The van der Waals surface area contributed by atoms with E-state index in [2.05, 4.69) is 20.4 Å². The molecular weight excluding hydrogens is 495 g/mol. The number of ether oxygens (including phenoxy) is 1. The zero-order valence-corrected chi connectivity index (χ0v) is 21.8. The van der Waals surface area contributed by atoms with E-state index in [4.69, 9.17) is 71.9 Å². The van der Waals surface area contributed by atoms with Crippen LogP contribution in [0.15, 0.2) is 47.1 Å². The first kappa shape index (κ1) is 28.3. The Bertz CT molecular complexity index is 1590. The minimum atomic E-state index is -2.41. The number of hydrogen-bond acceptors (Lipinski definition) is 7. The lowest BCUT2D eigenvalue weighted by atomic mass is 9.30. The highest BCUT2D eigenvalue weighted by Crippen LogP contribution is 2.44. The third kappa shape index (κ3) is 4.42. The Balaban J connectivity index is 1.75. The number of nitrogens with zero attached hydrogens (tertiary/aromatic N) is 5. The van der Waals surface area contributed by atoms with Gasteiger partial charge in [0.15, 0.2) is 17.2 Å². The van der Waals surface area contributed by atoms with Gasteiger partial charge in [-0.15, -0.1) is 0 Å². The van der Waals surface area contributed by atoms with E-state index in [9.17, 15) is 4.79 Å². The molecule has 1 saturated heterocycles. The number of aromatic nitrogens is 4. The molecule has 1 aliphatic rings. The van der Waals surface area contributed by atoms with Gasteiger partial charge in [-0.05, 0) is 40.9 Å². The lowest BCUT2D eigenvalue weighted by Crippen LogP contribution is -2.86. The Labute approximate surface area is 242 Å². The van der Waals surface area contributed by atoms with Gasteiger partial charge < -0.3 is 19.4 Å².